The number of hydrogen-bond acceptors (Lipinski definition) is 3. The Hall–Kier alpha value is -2.36. The molecular weight excluding hydrogens is 250 g/mol. The van der Waals surface area contributed by atoms with Gasteiger partial charge in [0.1, 0.15) is 6.29 Å². The zero-order chi connectivity index (χ0) is 13.8. The number of nitrogens with zero attached hydrogens (tertiary/aromatic N) is 2. The van der Waals surface area contributed by atoms with Gasteiger partial charge in [-0.3, -0.25) is 0 Å². The number of aromatic nitrogens is 2. The molecule has 0 saturated carbocycles. The average molecular weight is 267 g/mol. The Morgan fingerprint density at radius 3 is 2.40 bits per heavy atom. The lowest BCUT2D eigenvalue weighted by atomic mass is 10.1. The van der Waals surface area contributed by atoms with Gasteiger partial charge in [-0.25, -0.2) is 4.98 Å². The first-order chi connectivity index (χ1) is 9.88. The van der Waals surface area contributed by atoms with Crippen LogP contribution < -0.4 is 0 Å². The predicted octanol–water partition coefficient (Wildman–Crippen LogP) is 2.51. The molecule has 1 heterocycles. The van der Waals surface area contributed by atoms with Crippen molar-refractivity contribution in [2.24, 2.45) is 0 Å². The number of carbonyl (C=O) groups excluding carboxylic acids is 1. The van der Waals surface area contributed by atoms with Crippen molar-refractivity contribution < 1.29 is 4.79 Å². The van der Waals surface area contributed by atoms with Crippen molar-refractivity contribution in [1.82, 2.24) is 14.9 Å². The Labute approximate surface area is 118 Å². The zero-order valence-electron chi connectivity index (χ0n) is 11.2. The lowest BCUT2D eigenvalue weighted by Crippen LogP contribution is -2.36. The molecule has 0 saturated heterocycles. The highest BCUT2D eigenvalue weighted by atomic mass is 16.1. The first-order valence-electron chi connectivity index (χ1n) is 6.81. The van der Waals surface area contributed by atoms with Crippen LogP contribution in [-0.4, -0.2) is 27.2 Å². The number of allylic oxidation sites excluding steroid dienone is 6. The Kier molecular flexibility index (Phi) is 3.63. The van der Waals surface area contributed by atoms with Gasteiger partial charge in [0.2, 0.25) is 0 Å². The number of rotatable bonds is 6. The van der Waals surface area contributed by atoms with Gasteiger partial charge in [0.15, 0.2) is 0 Å². The van der Waals surface area contributed by atoms with Gasteiger partial charge >= 0.3 is 0 Å². The van der Waals surface area contributed by atoms with E-state index < -0.39 is 0 Å². The van der Waals surface area contributed by atoms with Crippen LogP contribution in [0.4, 0.5) is 0 Å². The summed E-state index contributed by atoms with van der Waals surface area (Å²) in [6, 6.07) is -0.201. The summed E-state index contributed by atoms with van der Waals surface area (Å²) in [7, 11) is 0. The van der Waals surface area contributed by atoms with Crippen molar-refractivity contribution in [3.63, 3.8) is 0 Å². The topological polar surface area (TPSA) is 49.0 Å². The lowest BCUT2D eigenvalue weighted by Gasteiger charge is -2.32. The van der Waals surface area contributed by atoms with E-state index in [2.05, 4.69) is 39.2 Å². The summed E-state index contributed by atoms with van der Waals surface area (Å²) in [4.78, 5) is 20.9. The molecule has 1 aromatic rings. The molecule has 0 radical (unpaired) electrons. The zero-order valence-corrected chi connectivity index (χ0v) is 11.2. The van der Waals surface area contributed by atoms with Crippen LogP contribution >= 0.6 is 0 Å². The normalized spacial score (nSPS) is 18.0. The number of aldehydes is 1. The van der Waals surface area contributed by atoms with Crippen LogP contribution in [-0.2, 0) is 11.2 Å². The summed E-state index contributed by atoms with van der Waals surface area (Å²) in [5.74, 6) is 0. The molecule has 3 rings (SSSR count). The fraction of sp³-hybridized carbons (Fsp3) is 0.250. The van der Waals surface area contributed by atoms with Gasteiger partial charge in [-0.15, -0.1) is 0 Å². The van der Waals surface area contributed by atoms with Crippen LogP contribution in [0.2, 0.25) is 0 Å². The number of carbonyl (C=O) groups is 1. The highest BCUT2D eigenvalue weighted by Crippen LogP contribution is 2.28. The monoisotopic (exact) mass is 267 g/mol. The fourth-order valence-electron chi connectivity index (χ4n) is 2.66. The van der Waals surface area contributed by atoms with Gasteiger partial charge in [-0.1, -0.05) is 24.3 Å². The summed E-state index contributed by atoms with van der Waals surface area (Å²) in [5.41, 5.74) is 3.33. The van der Waals surface area contributed by atoms with Crippen molar-refractivity contribution in [2.45, 2.75) is 25.3 Å². The van der Waals surface area contributed by atoms with Crippen molar-refractivity contribution in [3.8, 4) is 0 Å². The molecule has 2 aliphatic rings. The summed E-state index contributed by atoms with van der Waals surface area (Å²) >= 11 is 0. The average Bonchev–Trinajstić information content (AvgIpc) is 3.22. The van der Waals surface area contributed by atoms with Gasteiger partial charge in [-0.05, 0) is 12.2 Å². The molecule has 102 valence electrons. The molecule has 0 aromatic carbocycles. The maximum Gasteiger partial charge on any atom is 0.143 e. The van der Waals surface area contributed by atoms with E-state index in [1.165, 1.54) is 11.4 Å². The second kappa shape index (κ2) is 5.74. The van der Waals surface area contributed by atoms with Crippen LogP contribution in [0.3, 0.4) is 0 Å². The summed E-state index contributed by atoms with van der Waals surface area (Å²) in [6.07, 6.45) is 19.3. The van der Waals surface area contributed by atoms with E-state index in [-0.39, 0.29) is 6.04 Å². The third-order valence-electron chi connectivity index (χ3n) is 3.59. The molecule has 2 aliphatic carbocycles. The molecule has 0 spiro atoms. The summed E-state index contributed by atoms with van der Waals surface area (Å²) in [6.45, 7) is 0. The first-order valence-corrected chi connectivity index (χ1v) is 6.81. The third kappa shape index (κ3) is 2.50. The van der Waals surface area contributed by atoms with Crippen LogP contribution in [0.5, 0.6) is 0 Å². The molecule has 4 nitrogen and oxygen atoms in total. The van der Waals surface area contributed by atoms with Crippen molar-refractivity contribution in [1.29, 1.82) is 0 Å². The molecule has 1 atom stereocenters. The molecule has 0 aliphatic heterocycles. The maximum atomic E-state index is 11.6. The summed E-state index contributed by atoms with van der Waals surface area (Å²) in [5, 5.41) is 0. The highest BCUT2D eigenvalue weighted by Gasteiger charge is 2.25. The van der Waals surface area contributed by atoms with E-state index in [4.69, 9.17) is 0 Å². The molecule has 0 unspecified atom stereocenters. The second-order valence-corrected chi connectivity index (χ2v) is 4.93. The largest absolute Gasteiger partial charge is 0.348 e. The Morgan fingerprint density at radius 2 is 1.95 bits per heavy atom. The molecule has 20 heavy (non-hydrogen) atoms. The van der Waals surface area contributed by atoms with Gasteiger partial charge in [0.05, 0.1) is 12.4 Å². The molecule has 1 aromatic heterocycles. The van der Waals surface area contributed by atoms with Gasteiger partial charge in [0.25, 0.3) is 0 Å². The number of hydrogen-bond donors (Lipinski definition) is 1. The molecule has 0 fully saturated rings. The quantitative estimate of drug-likeness (QED) is 0.806. The van der Waals surface area contributed by atoms with Crippen LogP contribution in [0, 0.1) is 0 Å². The van der Waals surface area contributed by atoms with E-state index in [1.54, 1.807) is 12.5 Å². The van der Waals surface area contributed by atoms with Crippen molar-refractivity contribution in [3.05, 3.63) is 66.1 Å². The van der Waals surface area contributed by atoms with Crippen LogP contribution in [0.15, 0.2) is 60.4 Å². The van der Waals surface area contributed by atoms with Gasteiger partial charge in [-0.2, -0.15) is 0 Å². The van der Waals surface area contributed by atoms with E-state index in [1.807, 2.05) is 12.2 Å². The number of imidazole rings is 1. The molecule has 0 amide bonds. The van der Waals surface area contributed by atoms with E-state index in [9.17, 15) is 4.79 Å². The maximum absolute atomic E-state index is 11.6. The Morgan fingerprint density at radius 1 is 1.25 bits per heavy atom. The minimum Gasteiger partial charge on any atom is -0.348 e. The Balaban J connectivity index is 1.84. The Bertz CT molecular complexity index is 563. The summed E-state index contributed by atoms with van der Waals surface area (Å²) < 4.78 is 0. The second-order valence-electron chi connectivity index (χ2n) is 4.93. The first kappa shape index (κ1) is 12.7. The third-order valence-corrected chi connectivity index (χ3v) is 3.59. The molecular formula is C16H17N3O. The lowest BCUT2D eigenvalue weighted by molar-refractivity contribution is -0.111. The standard InChI is InChI=1S/C16H17N3O/c20-11-16(9-13-10-17-12-18-13)19(14-5-1-2-6-14)15-7-3-4-8-15/h1-5,7,10-12,16H,6,8-9H2,(H,17,18)/t16-/m0/s1. The van der Waals surface area contributed by atoms with Gasteiger partial charge in [0, 0.05) is 42.5 Å². The fourth-order valence-corrected chi connectivity index (χ4v) is 2.66. The number of H-pyrrole nitrogens is 1. The SMILES string of the molecule is O=C[C@H](Cc1cnc[nH]1)N(C1=CC=CC1)C1=CC=CC1. The smallest absolute Gasteiger partial charge is 0.143 e. The molecule has 4 heteroatoms. The van der Waals surface area contributed by atoms with E-state index in [0.29, 0.717) is 6.42 Å². The van der Waals surface area contributed by atoms with E-state index in [0.717, 1.165) is 24.8 Å². The van der Waals surface area contributed by atoms with Crippen LogP contribution in [0.1, 0.15) is 18.5 Å². The van der Waals surface area contributed by atoms with Gasteiger partial charge < -0.3 is 14.7 Å². The minimum atomic E-state index is -0.201. The number of nitrogens with one attached hydrogen (secondary N) is 1. The van der Waals surface area contributed by atoms with E-state index >= 15 is 0 Å². The predicted molar refractivity (Wildman–Crippen MR) is 77.7 cm³/mol. The molecule has 1 N–H and O–H groups in total. The number of aromatic amines is 1. The highest BCUT2D eigenvalue weighted by molar-refractivity contribution is 5.60. The van der Waals surface area contributed by atoms with Crippen molar-refractivity contribution >= 4 is 6.29 Å². The van der Waals surface area contributed by atoms with Crippen LogP contribution in [0.25, 0.3) is 0 Å². The van der Waals surface area contributed by atoms with Crippen molar-refractivity contribution in [2.75, 3.05) is 0 Å². The molecule has 0 bridgehead atoms. The minimum absolute atomic E-state index is 0.201.